The molecule has 2 heterocycles. The first-order valence-corrected chi connectivity index (χ1v) is 9.48. The summed E-state index contributed by atoms with van der Waals surface area (Å²) in [4.78, 5) is 7.56. The van der Waals surface area contributed by atoms with E-state index >= 15 is 0 Å². The Balaban J connectivity index is 1.37. The molecule has 0 amide bonds. The molecule has 0 aliphatic heterocycles. The lowest BCUT2D eigenvalue weighted by Crippen LogP contribution is -2.08. The van der Waals surface area contributed by atoms with E-state index in [1.54, 1.807) is 30.5 Å². The van der Waals surface area contributed by atoms with Gasteiger partial charge in [-0.05, 0) is 42.3 Å². The van der Waals surface area contributed by atoms with Gasteiger partial charge in [-0.25, -0.2) is 9.37 Å². The summed E-state index contributed by atoms with van der Waals surface area (Å²) >= 11 is 0. The van der Waals surface area contributed by atoms with Gasteiger partial charge in [-0.1, -0.05) is 30.3 Å². The Bertz CT molecular complexity index is 1190. The molecule has 2 aromatic carbocycles. The highest BCUT2D eigenvalue weighted by Crippen LogP contribution is 2.30. The van der Waals surface area contributed by atoms with Gasteiger partial charge in [0.25, 0.3) is 0 Å². The Hall–Kier alpha value is -3.68. The van der Waals surface area contributed by atoms with Crippen LogP contribution in [0.2, 0.25) is 0 Å². The summed E-state index contributed by atoms with van der Waals surface area (Å²) in [5.41, 5.74) is 1.11. The van der Waals surface area contributed by atoms with Crippen LogP contribution in [0.5, 0.6) is 11.6 Å². The number of pyridine rings is 2. The summed E-state index contributed by atoms with van der Waals surface area (Å²) in [6, 6.07) is 17.1. The lowest BCUT2D eigenvalue weighted by atomic mass is 10.1. The smallest absolute Gasteiger partial charge is 0.433 e. The van der Waals surface area contributed by atoms with Gasteiger partial charge in [0.15, 0.2) is 0 Å². The molecule has 158 valence electrons. The van der Waals surface area contributed by atoms with E-state index in [2.05, 4.69) is 15.3 Å². The van der Waals surface area contributed by atoms with E-state index in [0.717, 1.165) is 17.3 Å². The number of halogens is 4. The summed E-state index contributed by atoms with van der Waals surface area (Å²) in [7, 11) is 0. The fourth-order valence-electron chi connectivity index (χ4n) is 3.11. The molecule has 4 nitrogen and oxygen atoms in total. The maximum Gasteiger partial charge on any atom is 0.433 e. The predicted molar refractivity (Wildman–Crippen MR) is 110 cm³/mol. The Morgan fingerprint density at radius 2 is 1.68 bits per heavy atom. The number of alkyl halides is 3. The van der Waals surface area contributed by atoms with Crippen LogP contribution in [0.25, 0.3) is 10.9 Å². The summed E-state index contributed by atoms with van der Waals surface area (Å²) in [6.45, 7) is 0.602. The molecule has 0 saturated heterocycles. The van der Waals surface area contributed by atoms with E-state index in [1.807, 2.05) is 18.2 Å². The van der Waals surface area contributed by atoms with Crippen molar-refractivity contribution < 1.29 is 22.3 Å². The highest BCUT2D eigenvalue weighted by atomic mass is 19.4. The van der Waals surface area contributed by atoms with Crippen LogP contribution >= 0.6 is 0 Å². The lowest BCUT2D eigenvalue weighted by molar-refractivity contribution is -0.141. The SMILES string of the molecule is Fc1cccc2c(NCCc3ccc(Oc4cccc(C(F)(F)F)n4)cc3)ccnc12. The van der Waals surface area contributed by atoms with Crippen LogP contribution in [0, 0.1) is 5.82 Å². The molecule has 0 aliphatic rings. The third-order valence-corrected chi connectivity index (χ3v) is 4.61. The van der Waals surface area contributed by atoms with Crippen LogP contribution in [0.4, 0.5) is 23.2 Å². The maximum absolute atomic E-state index is 13.9. The fourth-order valence-corrected chi connectivity index (χ4v) is 3.11. The van der Waals surface area contributed by atoms with E-state index < -0.39 is 11.9 Å². The van der Waals surface area contributed by atoms with Gasteiger partial charge in [-0.3, -0.25) is 4.98 Å². The van der Waals surface area contributed by atoms with Crippen molar-refractivity contribution in [2.45, 2.75) is 12.6 Å². The average molecular weight is 427 g/mol. The molecule has 0 atom stereocenters. The number of anilines is 1. The largest absolute Gasteiger partial charge is 0.439 e. The zero-order valence-electron chi connectivity index (χ0n) is 16.2. The second-order valence-corrected chi connectivity index (χ2v) is 6.78. The van der Waals surface area contributed by atoms with Gasteiger partial charge in [0, 0.05) is 29.9 Å². The zero-order valence-corrected chi connectivity index (χ0v) is 16.2. The minimum atomic E-state index is -4.53. The van der Waals surface area contributed by atoms with Crippen LogP contribution < -0.4 is 10.1 Å². The standard InChI is InChI=1S/C23H17F4N3O/c24-18-4-1-3-17-19(12-14-29-22(17)18)28-13-11-15-7-9-16(10-8-15)31-21-6-2-5-20(30-21)23(25,26)27/h1-10,12,14H,11,13H2,(H,28,29). The quantitative estimate of drug-likeness (QED) is 0.370. The number of aromatic nitrogens is 2. The molecule has 0 saturated carbocycles. The summed E-state index contributed by atoms with van der Waals surface area (Å²) in [6.07, 6.45) is -2.29. The van der Waals surface area contributed by atoms with Gasteiger partial charge in [0.2, 0.25) is 5.88 Å². The van der Waals surface area contributed by atoms with E-state index in [9.17, 15) is 17.6 Å². The minimum Gasteiger partial charge on any atom is -0.439 e. The normalized spacial score (nSPS) is 11.5. The molecule has 0 spiro atoms. The van der Waals surface area contributed by atoms with Crippen molar-refractivity contribution >= 4 is 16.6 Å². The molecular weight excluding hydrogens is 410 g/mol. The molecule has 0 unspecified atom stereocenters. The lowest BCUT2D eigenvalue weighted by Gasteiger charge is -2.11. The Labute approximate surface area is 175 Å². The first-order valence-electron chi connectivity index (χ1n) is 9.48. The number of hydrogen-bond donors (Lipinski definition) is 1. The first kappa shape index (κ1) is 20.6. The highest BCUT2D eigenvalue weighted by molar-refractivity contribution is 5.91. The number of benzene rings is 2. The van der Waals surface area contributed by atoms with Gasteiger partial charge in [-0.15, -0.1) is 0 Å². The van der Waals surface area contributed by atoms with Crippen molar-refractivity contribution in [3.63, 3.8) is 0 Å². The number of nitrogens with zero attached hydrogens (tertiary/aromatic N) is 2. The van der Waals surface area contributed by atoms with Crippen molar-refractivity contribution in [2.24, 2.45) is 0 Å². The summed E-state index contributed by atoms with van der Waals surface area (Å²) in [5, 5.41) is 3.99. The van der Waals surface area contributed by atoms with Crippen LogP contribution in [0.1, 0.15) is 11.3 Å². The molecule has 8 heteroatoms. The van der Waals surface area contributed by atoms with Crippen LogP contribution in [-0.4, -0.2) is 16.5 Å². The van der Waals surface area contributed by atoms with Crippen LogP contribution in [0.3, 0.4) is 0 Å². The number of rotatable bonds is 6. The molecule has 4 rings (SSSR count). The number of hydrogen-bond acceptors (Lipinski definition) is 4. The maximum atomic E-state index is 13.9. The molecular formula is C23H17F4N3O. The molecule has 0 aliphatic carbocycles. The Morgan fingerprint density at radius 1 is 0.903 bits per heavy atom. The van der Waals surface area contributed by atoms with Gasteiger partial charge in [0.05, 0.1) is 0 Å². The Morgan fingerprint density at radius 3 is 2.45 bits per heavy atom. The van der Waals surface area contributed by atoms with Crippen molar-refractivity contribution in [3.05, 3.63) is 90.0 Å². The van der Waals surface area contributed by atoms with Crippen molar-refractivity contribution in [2.75, 3.05) is 11.9 Å². The molecule has 31 heavy (non-hydrogen) atoms. The molecule has 0 fully saturated rings. The highest BCUT2D eigenvalue weighted by Gasteiger charge is 2.32. The number of fused-ring (bicyclic) bond motifs is 1. The van der Waals surface area contributed by atoms with Gasteiger partial charge in [0.1, 0.15) is 22.8 Å². The zero-order chi connectivity index (χ0) is 21.8. The van der Waals surface area contributed by atoms with Gasteiger partial charge >= 0.3 is 6.18 Å². The topological polar surface area (TPSA) is 47.0 Å². The third kappa shape index (κ3) is 4.91. The monoisotopic (exact) mass is 427 g/mol. The predicted octanol–water partition coefficient (Wildman–Crippen LogP) is 6.23. The number of ether oxygens (including phenoxy) is 1. The van der Waals surface area contributed by atoms with E-state index in [1.165, 1.54) is 18.2 Å². The van der Waals surface area contributed by atoms with E-state index in [-0.39, 0.29) is 11.7 Å². The second kappa shape index (κ2) is 8.59. The fraction of sp³-hybridized carbons (Fsp3) is 0.130. The summed E-state index contributed by atoms with van der Waals surface area (Å²) < 4.78 is 57.6. The van der Waals surface area contributed by atoms with Gasteiger partial charge in [-0.2, -0.15) is 13.2 Å². The molecule has 0 bridgehead atoms. The number of para-hydroxylation sites is 1. The minimum absolute atomic E-state index is 0.124. The van der Waals surface area contributed by atoms with Crippen LogP contribution in [0.15, 0.2) is 72.9 Å². The summed E-state index contributed by atoms with van der Waals surface area (Å²) in [5.74, 6) is -0.104. The van der Waals surface area contributed by atoms with E-state index in [0.29, 0.717) is 29.6 Å². The second-order valence-electron chi connectivity index (χ2n) is 6.78. The molecule has 4 aromatic rings. The average Bonchev–Trinajstić information content (AvgIpc) is 2.75. The molecule has 0 radical (unpaired) electrons. The first-order chi connectivity index (χ1) is 14.9. The third-order valence-electron chi connectivity index (χ3n) is 4.61. The van der Waals surface area contributed by atoms with Crippen molar-refractivity contribution in [1.82, 2.24) is 9.97 Å². The Kier molecular flexibility index (Phi) is 5.70. The number of nitrogens with one attached hydrogen (secondary N) is 1. The van der Waals surface area contributed by atoms with E-state index in [4.69, 9.17) is 4.74 Å². The van der Waals surface area contributed by atoms with Crippen LogP contribution in [-0.2, 0) is 12.6 Å². The molecule has 1 N–H and O–H groups in total. The van der Waals surface area contributed by atoms with Crippen molar-refractivity contribution in [1.29, 1.82) is 0 Å². The van der Waals surface area contributed by atoms with Crippen molar-refractivity contribution in [3.8, 4) is 11.6 Å². The van der Waals surface area contributed by atoms with Gasteiger partial charge < -0.3 is 10.1 Å². The molecule has 2 aromatic heterocycles.